The third kappa shape index (κ3) is 13.3. The second kappa shape index (κ2) is 23.0. The first-order chi connectivity index (χ1) is 33.7. The molecule has 6 heterocycles. The number of nitrogens with zero attached hydrogens (tertiary/aromatic N) is 10. The molecule has 10 rings (SSSR count). The molecular weight excluding hydrogens is 1220 g/mol. The van der Waals surface area contributed by atoms with E-state index >= 15 is 0 Å². The fourth-order valence-electron chi connectivity index (χ4n) is 9.93. The summed E-state index contributed by atoms with van der Waals surface area (Å²) in [6.45, 7) is 4.52. The van der Waals surface area contributed by atoms with Gasteiger partial charge in [0.2, 0.25) is 21.8 Å². The number of nitrogens with two attached hydrogens (primary N) is 1. The minimum absolute atomic E-state index is 0. The third-order valence-corrected chi connectivity index (χ3v) is 16.2. The maximum atomic E-state index is 12.6. The molecule has 6 aromatic rings. The van der Waals surface area contributed by atoms with Crippen molar-refractivity contribution in [3.63, 3.8) is 0 Å². The maximum Gasteiger partial charge on any atom is 0.338 e. The molecule has 4 fully saturated rings. The van der Waals surface area contributed by atoms with Crippen LogP contribution >= 0.6 is 23.2 Å². The number of nitrogens with one attached hydrogen (secondary N) is 1. The van der Waals surface area contributed by atoms with Crippen molar-refractivity contribution in [1.29, 1.82) is 1.34 Å². The molecule has 0 aromatic carbocycles. The summed E-state index contributed by atoms with van der Waals surface area (Å²) in [5, 5.41) is 30.2. The van der Waals surface area contributed by atoms with Crippen molar-refractivity contribution >= 4 is 63.5 Å². The van der Waals surface area contributed by atoms with Gasteiger partial charge in [-0.25, -0.2) is 50.8 Å². The van der Waals surface area contributed by atoms with Gasteiger partial charge in [-0.1, -0.05) is 36.0 Å². The van der Waals surface area contributed by atoms with E-state index in [2.05, 4.69) is 38.7 Å². The average Bonchev–Trinajstić information content (AvgIpc) is 4.19. The van der Waals surface area contributed by atoms with Gasteiger partial charge in [0.05, 0.1) is 35.7 Å². The molecule has 27 heteroatoms. The Kier molecular flexibility index (Phi) is 17.5. The minimum Gasteiger partial charge on any atom is -0.478 e. The van der Waals surface area contributed by atoms with E-state index in [0.717, 1.165) is 23.7 Å². The zero-order valence-electron chi connectivity index (χ0n) is 40.2. The van der Waals surface area contributed by atoms with Gasteiger partial charge in [-0.15, -0.1) is 10.2 Å². The average molecular weight is 1280 g/mol. The van der Waals surface area contributed by atoms with Crippen molar-refractivity contribution in [2.75, 3.05) is 13.2 Å². The number of ether oxygens (including phenoxy) is 2. The SMILES string of the molecule is Cc1nn(C)cc1S(=O)(=O)NC(=O)c1ccc(-n2ccc(OCC3C[C@@H]4CC[C@H]3C4)n2)nc1Cl.Cc1nn(C)cc1S(N)(=O)=O.O=C(O)c1ccc(-n2ccc(OCC3C[C@@H]4CC[C@H]3C4)n2)nc1Cl.[2H][B].[U]. The molecule has 1 amide bonds. The van der Waals surface area contributed by atoms with Gasteiger partial charge in [-0.3, -0.25) is 14.2 Å². The van der Waals surface area contributed by atoms with E-state index in [1.165, 1.54) is 101 Å². The number of carbonyl (C=O) groups is 2. The summed E-state index contributed by atoms with van der Waals surface area (Å²) in [4.78, 5) is 31.9. The van der Waals surface area contributed by atoms with Gasteiger partial charge in [0.25, 0.3) is 15.9 Å². The van der Waals surface area contributed by atoms with E-state index in [1.807, 2.05) is 4.72 Å². The number of halogens is 2. The summed E-state index contributed by atoms with van der Waals surface area (Å²) in [6.07, 6.45) is 16.7. The fourth-order valence-corrected chi connectivity index (χ4v) is 12.3. The van der Waals surface area contributed by atoms with Crippen molar-refractivity contribution < 1.29 is 72.1 Å². The monoisotopic (exact) mass is 1280 g/mol. The summed E-state index contributed by atoms with van der Waals surface area (Å²) >= 11 is 12.1. The number of hydrogen-bond donors (Lipinski definition) is 3. The molecule has 71 heavy (non-hydrogen) atoms. The van der Waals surface area contributed by atoms with Gasteiger partial charge in [0.15, 0.2) is 11.6 Å². The van der Waals surface area contributed by atoms with Crippen LogP contribution in [0.1, 0.15) is 83.5 Å². The first-order valence-electron chi connectivity index (χ1n) is 22.8. The van der Waals surface area contributed by atoms with Crippen LogP contribution in [0.2, 0.25) is 10.3 Å². The summed E-state index contributed by atoms with van der Waals surface area (Å²) < 4.78 is 71.6. The number of rotatable bonds is 13. The second-order valence-electron chi connectivity index (χ2n) is 18.0. The Hall–Kier alpha value is -4.76. The predicted octanol–water partition coefficient (Wildman–Crippen LogP) is 5.06. The Bertz CT molecular complexity index is 3120. The van der Waals surface area contributed by atoms with E-state index in [-0.39, 0.29) is 68.0 Å². The Balaban J connectivity index is 0.000000193. The van der Waals surface area contributed by atoms with E-state index < -0.39 is 31.9 Å². The standard InChI is InChI=1S/C22H25ClN6O4S.C17H18ClN3O3.C5H9N3O2S.BH.U/c1-13-18(11-28(2)25-13)34(31,32)27-22(30)17-5-6-19(24-21(17)23)29-8-7-20(26-29)33-12-16-10-14-3-4-15(16)9-14;18-16-13(17(22)23)3-4-14(19-16)21-6-5-15(20-21)24-9-12-8-10-1-2-11(12)7-10;1-4-5(11(6,9)10)3-8(2)7-4;;/h5-8,11,14-16H,3-4,9-10,12H2,1-2H3,(H,27,30);3-6,10-12H,1-2,7-9H2,(H,22,23);3H,1-2H3,(H2,6,9,10);1H;/t14-,15+,16?;10-,11+,12?;;;/m11.../s1/i;;;1D;. The minimum atomic E-state index is -4.11. The van der Waals surface area contributed by atoms with Gasteiger partial charge in [-0.05, 0) is 113 Å². The predicted molar refractivity (Wildman–Crippen MR) is 258 cm³/mol. The van der Waals surface area contributed by atoms with Crippen molar-refractivity contribution in [2.45, 2.75) is 75.0 Å². The van der Waals surface area contributed by atoms with Gasteiger partial charge in [0.1, 0.15) is 20.1 Å². The molecule has 4 bridgehead atoms. The number of amides is 1. The zero-order chi connectivity index (χ0) is 51.4. The first kappa shape index (κ1) is 54.0. The molecule has 4 aliphatic carbocycles. The number of hydrogen-bond acceptors (Lipinski definition) is 14. The molecule has 0 spiro atoms. The van der Waals surface area contributed by atoms with Crippen molar-refractivity contribution in [1.82, 2.24) is 53.8 Å². The Morgan fingerprint density at radius 2 is 1.18 bits per heavy atom. The van der Waals surface area contributed by atoms with Crippen molar-refractivity contribution in [2.24, 2.45) is 54.7 Å². The van der Waals surface area contributed by atoms with Gasteiger partial charge >= 0.3 is 5.97 Å². The maximum absolute atomic E-state index is 12.6. The number of sulfonamides is 2. The van der Waals surface area contributed by atoms with Crippen LogP contribution in [0.15, 0.2) is 71.0 Å². The van der Waals surface area contributed by atoms with E-state index in [4.69, 9.17) is 44.3 Å². The van der Waals surface area contributed by atoms with Crippen LogP contribution in [0.5, 0.6) is 11.8 Å². The third-order valence-electron chi connectivity index (χ3n) is 13.2. The normalized spacial score (nSPS) is 20.8. The first-order valence-corrected chi connectivity index (χ1v) is 26.0. The van der Waals surface area contributed by atoms with E-state index in [0.29, 0.717) is 54.1 Å². The fraction of sp³-hybridized carbons (Fsp3) is 0.455. The summed E-state index contributed by atoms with van der Waals surface area (Å²) in [5.74, 6) is 4.51. The number of primary sulfonamides is 1. The van der Waals surface area contributed by atoms with Crippen molar-refractivity contribution in [3.05, 3.63) is 94.0 Å². The molecule has 6 aromatic heterocycles. The van der Waals surface area contributed by atoms with Gasteiger partial charge < -0.3 is 14.6 Å². The number of aryl methyl sites for hydroxylation is 4. The number of fused-ring (bicyclic) bond motifs is 4. The van der Waals surface area contributed by atoms with Crippen LogP contribution < -0.4 is 19.3 Å². The van der Waals surface area contributed by atoms with Crippen LogP contribution in [-0.4, -0.2) is 106 Å². The molecule has 2 radical (unpaired) electrons. The van der Waals surface area contributed by atoms with Crippen LogP contribution in [0.25, 0.3) is 11.6 Å². The topological polar surface area (TPSA) is 276 Å². The van der Waals surface area contributed by atoms with E-state index in [1.54, 1.807) is 58.5 Å². The number of pyridine rings is 2. The Labute approximate surface area is 448 Å². The Morgan fingerprint density at radius 1 is 0.732 bits per heavy atom. The number of aromatic nitrogens is 10. The molecule has 4 aliphatic rings. The number of carboxylic acids is 1. The number of carbonyl (C=O) groups excluding carboxylic acids is 1. The molecule has 21 nitrogen and oxygen atoms in total. The van der Waals surface area contributed by atoms with Crippen LogP contribution in [0, 0.1) is 80.5 Å². The van der Waals surface area contributed by atoms with Crippen LogP contribution in [0.4, 0.5) is 0 Å². The second-order valence-corrected chi connectivity index (χ2v) is 21.9. The van der Waals surface area contributed by atoms with Crippen LogP contribution in [-0.2, 0) is 34.1 Å². The van der Waals surface area contributed by atoms with Gasteiger partial charge in [-0.2, -0.15) is 10.2 Å². The summed E-state index contributed by atoms with van der Waals surface area (Å²) in [6, 6.07) is 9.48. The largest absolute Gasteiger partial charge is 0.478 e. The number of aromatic carboxylic acids is 1. The summed E-state index contributed by atoms with van der Waals surface area (Å²) in [5.41, 5.74) is 0.602. The molecule has 376 valence electrons. The Morgan fingerprint density at radius 3 is 1.54 bits per heavy atom. The molecular formula is C44H53BCl2N12O9S2U. The molecule has 0 aliphatic heterocycles. The van der Waals surface area contributed by atoms with E-state index in [9.17, 15) is 26.4 Å². The quantitative estimate of drug-likeness (QED) is 0.101. The molecule has 0 saturated heterocycles. The molecule has 4 N–H and O–H groups in total. The molecule has 2 unspecified atom stereocenters. The van der Waals surface area contributed by atoms with Gasteiger partial charge in [0, 0.05) is 90.5 Å². The zero-order valence-corrected chi connectivity index (χ0v) is 46.5. The summed E-state index contributed by atoms with van der Waals surface area (Å²) in [7, 11) is -0.724. The number of carboxylic acid groups (broad SMARTS) is 1. The molecule has 6 atom stereocenters. The smallest absolute Gasteiger partial charge is 0.338 e. The van der Waals surface area contributed by atoms with Crippen molar-refractivity contribution in [3.8, 4) is 23.4 Å². The molecule has 4 saturated carbocycles. The van der Waals surface area contributed by atoms with Crippen LogP contribution in [0.3, 0.4) is 0 Å².